The van der Waals surface area contributed by atoms with E-state index in [1.54, 1.807) is 11.3 Å². The van der Waals surface area contributed by atoms with E-state index in [1.165, 1.54) is 6.42 Å². The van der Waals surface area contributed by atoms with E-state index < -0.39 is 6.17 Å². The van der Waals surface area contributed by atoms with Crippen LogP contribution in [0, 0.1) is 0 Å². The van der Waals surface area contributed by atoms with Crippen molar-refractivity contribution in [3.63, 3.8) is 0 Å². The molecule has 1 atom stereocenters. The van der Waals surface area contributed by atoms with Crippen molar-refractivity contribution in [2.75, 3.05) is 41.8 Å². The maximum Gasteiger partial charge on any atom is 0.317 e. The van der Waals surface area contributed by atoms with Gasteiger partial charge in [0.2, 0.25) is 6.17 Å². The Morgan fingerprint density at radius 1 is 1.05 bits per heavy atom. The molecule has 3 aliphatic rings. The fourth-order valence-corrected chi connectivity index (χ4v) is 6.60. The van der Waals surface area contributed by atoms with Gasteiger partial charge in [-0.3, -0.25) is 4.79 Å². The molecule has 2 aromatic heterocycles. The summed E-state index contributed by atoms with van der Waals surface area (Å²) in [5, 5.41) is 16.7. The van der Waals surface area contributed by atoms with Gasteiger partial charge in [0.15, 0.2) is 5.69 Å². The zero-order valence-corrected chi connectivity index (χ0v) is 22.9. The zero-order chi connectivity index (χ0) is 27.1. The van der Waals surface area contributed by atoms with Crippen molar-refractivity contribution in [3.8, 4) is 11.6 Å². The molecule has 11 heteroatoms. The molecule has 0 unspecified atom stereocenters. The lowest BCUT2D eigenvalue weighted by atomic mass is 9.71. The molecule has 10 nitrogen and oxygen atoms in total. The second-order valence-electron chi connectivity index (χ2n) is 10.5. The van der Waals surface area contributed by atoms with Gasteiger partial charge in [-0.05, 0) is 18.9 Å². The normalized spacial score (nSPS) is 20.1. The SMILES string of the molecule is CC1(c2nc(-c3nnc(N[C@H]4N=C(c5ccccc5)c5ccccc5NC4=O)o3)c(N3CCOCC3)s2)CCC1. The molecule has 0 radical (unpaired) electrons. The number of carbonyl (C=O) groups is 1. The van der Waals surface area contributed by atoms with E-state index in [4.69, 9.17) is 19.1 Å². The summed E-state index contributed by atoms with van der Waals surface area (Å²) in [6.45, 7) is 5.17. The quantitative estimate of drug-likeness (QED) is 0.352. The number of hydrogen-bond donors (Lipinski definition) is 2. The molecule has 7 rings (SSSR count). The number of morpholine rings is 1. The van der Waals surface area contributed by atoms with Crippen molar-refractivity contribution < 1.29 is 13.9 Å². The van der Waals surface area contributed by atoms with Gasteiger partial charge in [0.05, 0.1) is 24.6 Å². The second kappa shape index (κ2) is 10.1. The number of amides is 1. The highest BCUT2D eigenvalue weighted by Crippen LogP contribution is 2.48. The predicted octanol–water partition coefficient (Wildman–Crippen LogP) is 4.70. The fraction of sp³-hybridized carbons (Fsp3) is 0.345. The third kappa shape index (κ3) is 4.54. The molecule has 2 fully saturated rings. The summed E-state index contributed by atoms with van der Waals surface area (Å²) in [7, 11) is 0. The Hall–Kier alpha value is -4.09. The van der Waals surface area contributed by atoms with Crippen molar-refractivity contribution in [3.05, 3.63) is 70.7 Å². The third-order valence-electron chi connectivity index (χ3n) is 7.76. The Morgan fingerprint density at radius 3 is 2.60 bits per heavy atom. The van der Waals surface area contributed by atoms with Crippen molar-refractivity contribution in [2.45, 2.75) is 37.8 Å². The van der Waals surface area contributed by atoms with Crippen LogP contribution in [-0.4, -0.2) is 59.3 Å². The van der Waals surface area contributed by atoms with Gasteiger partial charge < -0.3 is 24.7 Å². The summed E-state index contributed by atoms with van der Waals surface area (Å²) >= 11 is 1.71. The van der Waals surface area contributed by atoms with Gasteiger partial charge in [-0.15, -0.1) is 16.4 Å². The number of para-hydroxylation sites is 1. The average molecular weight is 556 g/mol. The van der Waals surface area contributed by atoms with Gasteiger partial charge in [-0.1, -0.05) is 67.0 Å². The van der Waals surface area contributed by atoms with E-state index in [0.29, 0.717) is 36.2 Å². The van der Waals surface area contributed by atoms with E-state index in [2.05, 4.69) is 32.7 Å². The van der Waals surface area contributed by atoms with Crippen LogP contribution in [0.15, 0.2) is 64.0 Å². The Balaban J connectivity index is 1.21. The Kier molecular flexibility index (Phi) is 6.32. The lowest BCUT2D eigenvalue weighted by Crippen LogP contribution is -2.36. The van der Waals surface area contributed by atoms with Crippen LogP contribution in [0.1, 0.15) is 42.3 Å². The van der Waals surface area contributed by atoms with Crippen LogP contribution in [0.3, 0.4) is 0 Å². The summed E-state index contributed by atoms with van der Waals surface area (Å²) in [5.74, 6) is -0.0000152. The molecule has 1 amide bonds. The molecule has 2 aromatic carbocycles. The van der Waals surface area contributed by atoms with Crippen LogP contribution in [-0.2, 0) is 14.9 Å². The number of ether oxygens (including phenoxy) is 1. The van der Waals surface area contributed by atoms with Gasteiger partial charge >= 0.3 is 6.01 Å². The standard InChI is InChI=1S/C29H29N7O3S/c1-29(12-7-13-29)27-32-22(26(40-27)36-14-16-38-17-15-36)25-34-35-28(39-25)33-23-24(37)30-20-11-6-5-10-19(20)21(31-23)18-8-3-2-4-9-18/h2-6,8-11,23H,7,12-17H2,1H3,(H,30,37)(H,33,35)/t23-/m1/s1. The van der Waals surface area contributed by atoms with Gasteiger partial charge in [0.25, 0.3) is 11.8 Å². The first-order valence-corrected chi connectivity index (χ1v) is 14.4. The Bertz CT molecular complexity index is 1570. The van der Waals surface area contributed by atoms with E-state index in [-0.39, 0.29) is 17.3 Å². The number of nitrogens with zero attached hydrogens (tertiary/aromatic N) is 5. The summed E-state index contributed by atoms with van der Waals surface area (Å²) < 4.78 is 11.7. The van der Waals surface area contributed by atoms with Crippen LogP contribution >= 0.6 is 11.3 Å². The Morgan fingerprint density at radius 2 is 1.82 bits per heavy atom. The molecule has 4 heterocycles. The number of nitrogens with one attached hydrogen (secondary N) is 2. The number of carbonyl (C=O) groups excluding carboxylic acids is 1. The number of fused-ring (bicyclic) bond motifs is 1. The minimum absolute atomic E-state index is 0.0844. The molecule has 2 N–H and O–H groups in total. The topological polar surface area (TPSA) is 118 Å². The number of benzene rings is 2. The molecule has 0 bridgehead atoms. The molecular weight excluding hydrogens is 526 g/mol. The number of rotatable bonds is 6. The summed E-state index contributed by atoms with van der Waals surface area (Å²) in [4.78, 5) is 25.4. The van der Waals surface area contributed by atoms with E-state index in [0.717, 1.165) is 47.1 Å². The number of anilines is 3. The smallest absolute Gasteiger partial charge is 0.317 e. The number of aromatic nitrogens is 3. The second-order valence-corrected chi connectivity index (χ2v) is 11.5. The number of thiazole rings is 1. The Labute approximate surface area is 235 Å². The highest BCUT2D eigenvalue weighted by atomic mass is 32.1. The first kappa shape index (κ1) is 24.9. The van der Waals surface area contributed by atoms with Crippen LogP contribution < -0.4 is 15.5 Å². The van der Waals surface area contributed by atoms with Crippen molar-refractivity contribution in [1.29, 1.82) is 0 Å². The van der Waals surface area contributed by atoms with Crippen molar-refractivity contribution in [1.82, 2.24) is 15.2 Å². The average Bonchev–Trinajstić information content (AvgIpc) is 3.60. The summed E-state index contributed by atoms with van der Waals surface area (Å²) in [6.07, 6.45) is 2.49. The number of benzodiazepines with no additional fused rings is 1. The predicted molar refractivity (Wildman–Crippen MR) is 154 cm³/mol. The molecule has 1 saturated carbocycles. The summed E-state index contributed by atoms with van der Waals surface area (Å²) in [5.41, 5.74) is 3.90. The van der Waals surface area contributed by atoms with Crippen molar-refractivity contribution in [2.24, 2.45) is 4.99 Å². The molecule has 2 aliphatic heterocycles. The first-order valence-electron chi connectivity index (χ1n) is 13.6. The third-order valence-corrected chi connectivity index (χ3v) is 9.18. The summed E-state index contributed by atoms with van der Waals surface area (Å²) in [6, 6.07) is 17.5. The van der Waals surface area contributed by atoms with E-state index in [9.17, 15) is 4.79 Å². The fourth-order valence-electron chi connectivity index (χ4n) is 5.29. The molecule has 1 aliphatic carbocycles. The number of aliphatic imine (C=N–C) groups is 1. The van der Waals surface area contributed by atoms with Gasteiger partial charge in [0, 0.05) is 29.6 Å². The monoisotopic (exact) mass is 555 g/mol. The first-order chi connectivity index (χ1) is 19.6. The van der Waals surface area contributed by atoms with Gasteiger partial charge in [-0.25, -0.2) is 9.98 Å². The minimum atomic E-state index is -0.977. The molecule has 204 valence electrons. The molecule has 0 spiro atoms. The lowest BCUT2D eigenvalue weighted by Gasteiger charge is -2.36. The molecule has 40 heavy (non-hydrogen) atoms. The van der Waals surface area contributed by atoms with Gasteiger partial charge in [-0.2, -0.15) is 0 Å². The van der Waals surface area contributed by atoms with Gasteiger partial charge in [0.1, 0.15) is 10.0 Å². The highest BCUT2D eigenvalue weighted by molar-refractivity contribution is 7.16. The molecule has 1 saturated heterocycles. The highest BCUT2D eigenvalue weighted by Gasteiger charge is 2.39. The number of hydrogen-bond acceptors (Lipinski definition) is 10. The van der Waals surface area contributed by atoms with E-state index in [1.807, 2.05) is 54.6 Å². The maximum absolute atomic E-state index is 13.2. The minimum Gasteiger partial charge on any atom is -0.402 e. The molecule has 4 aromatic rings. The van der Waals surface area contributed by atoms with Crippen LogP contribution in [0.5, 0.6) is 0 Å². The van der Waals surface area contributed by atoms with Crippen LogP contribution in [0.2, 0.25) is 0 Å². The zero-order valence-electron chi connectivity index (χ0n) is 22.1. The largest absolute Gasteiger partial charge is 0.402 e. The maximum atomic E-state index is 13.2. The lowest BCUT2D eigenvalue weighted by molar-refractivity contribution is -0.116. The van der Waals surface area contributed by atoms with Crippen molar-refractivity contribution >= 4 is 39.7 Å². The van der Waals surface area contributed by atoms with Crippen LogP contribution in [0.4, 0.5) is 16.7 Å². The van der Waals surface area contributed by atoms with E-state index >= 15 is 0 Å². The molecular formula is C29H29N7O3S. The van der Waals surface area contributed by atoms with Crippen LogP contribution in [0.25, 0.3) is 11.6 Å².